The fourth-order valence-electron chi connectivity index (χ4n) is 6.95. The second-order valence-electron chi connectivity index (χ2n) is 17.0. The van der Waals surface area contributed by atoms with Crippen molar-refractivity contribution in [3.05, 3.63) is 24.3 Å². The van der Waals surface area contributed by atoms with Crippen LogP contribution in [0.2, 0.25) is 0 Å². The Morgan fingerprint density at radius 2 is 0.982 bits per heavy atom. The van der Waals surface area contributed by atoms with Gasteiger partial charge in [-0.25, -0.2) is 4.79 Å². The van der Waals surface area contributed by atoms with E-state index in [-0.39, 0.29) is 36.2 Å². The first-order valence-electron chi connectivity index (χ1n) is 23.4. The Morgan fingerprint density at radius 1 is 0.536 bits per heavy atom. The van der Waals surface area contributed by atoms with E-state index >= 15 is 0 Å². The van der Waals surface area contributed by atoms with E-state index in [4.69, 9.17) is 14.2 Å². The van der Waals surface area contributed by atoms with Crippen molar-refractivity contribution in [2.45, 2.75) is 225 Å². The van der Waals surface area contributed by atoms with E-state index in [1.807, 2.05) is 21.1 Å². The van der Waals surface area contributed by atoms with Crippen LogP contribution in [-0.4, -0.2) is 80.6 Å². The molecule has 2 unspecified atom stereocenters. The summed E-state index contributed by atoms with van der Waals surface area (Å²) in [4.78, 5) is 37.0. The molecule has 0 saturated heterocycles. The van der Waals surface area contributed by atoms with Gasteiger partial charge in [0.15, 0.2) is 12.1 Å². The summed E-state index contributed by atoms with van der Waals surface area (Å²) in [5, 5.41) is 9.62. The quantitative estimate of drug-likeness (QED) is 0.0284. The predicted molar refractivity (Wildman–Crippen MR) is 234 cm³/mol. The molecule has 0 aromatic heterocycles. The summed E-state index contributed by atoms with van der Waals surface area (Å²) >= 11 is 0. The Labute approximate surface area is 345 Å². The minimum atomic E-state index is -0.875. The van der Waals surface area contributed by atoms with Crippen molar-refractivity contribution in [2.24, 2.45) is 0 Å². The van der Waals surface area contributed by atoms with E-state index in [1.54, 1.807) is 0 Å². The highest BCUT2D eigenvalue weighted by Crippen LogP contribution is 2.16. The Kier molecular flexibility index (Phi) is 38.1. The summed E-state index contributed by atoms with van der Waals surface area (Å²) < 4.78 is 17.3. The Bertz CT molecular complexity index is 973. The van der Waals surface area contributed by atoms with Crippen LogP contribution in [0.4, 0.5) is 0 Å². The molecule has 0 aromatic rings. The number of hydrogen-bond acceptors (Lipinski definition) is 6. The van der Waals surface area contributed by atoms with Gasteiger partial charge >= 0.3 is 17.9 Å². The van der Waals surface area contributed by atoms with Gasteiger partial charge in [-0.15, -0.1) is 0 Å². The third-order valence-electron chi connectivity index (χ3n) is 10.6. The molecule has 0 heterocycles. The molecule has 0 aliphatic heterocycles. The number of carboxylic acids is 1. The Morgan fingerprint density at radius 3 is 1.45 bits per heavy atom. The highest BCUT2D eigenvalue weighted by atomic mass is 16.6. The van der Waals surface area contributed by atoms with Crippen LogP contribution in [0.3, 0.4) is 0 Å². The van der Waals surface area contributed by atoms with Gasteiger partial charge in [-0.05, 0) is 38.5 Å². The van der Waals surface area contributed by atoms with Crippen LogP contribution in [-0.2, 0) is 28.6 Å². The zero-order valence-corrected chi connectivity index (χ0v) is 37.3. The molecule has 0 rings (SSSR count). The first kappa shape index (κ1) is 53.8. The van der Waals surface area contributed by atoms with Crippen LogP contribution in [0.5, 0.6) is 0 Å². The van der Waals surface area contributed by atoms with Crippen LogP contribution in [0, 0.1) is 0 Å². The second kappa shape index (κ2) is 39.6. The predicted octanol–water partition coefficient (Wildman–Crippen LogP) is 12.9. The van der Waals surface area contributed by atoms with Crippen molar-refractivity contribution >= 4 is 17.9 Å². The molecule has 0 radical (unpaired) electrons. The van der Waals surface area contributed by atoms with Gasteiger partial charge < -0.3 is 23.8 Å². The fourth-order valence-corrected chi connectivity index (χ4v) is 6.95. The van der Waals surface area contributed by atoms with Gasteiger partial charge in [-0.2, -0.15) is 0 Å². The molecular weight excluding hydrogens is 703 g/mol. The van der Waals surface area contributed by atoms with Crippen molar-refractivity contribution in [1.29, 1.82) is 0 Å². The van der Waals surface area contributed by atoms with E-state index in [0.717, 1.165) is 70.6 Å². The molecule has 0 aliphatic rings. The molecule has 8 heteroatoms. The topological polar surface area (TPSA) is 99.1 Å². The Hall–Kier alpha value is -2.19. The van der Waals surface area contributed by atoms with Gasteiger partial charge in [0.1, 0.15) is 6.61 Å². The number of unbranched alkanes of at least 4 members (excludes halogenated alkanes) is 24. The summed E-state index contributed by atoms with van der Waals surface area (Å²) in [5.41, 5.74) is 0. The van der Waals surface area contributed by atoms with Gasteiger partial charge in [0.25, 0.3) is 0 Å². The number of esters is 2. The number of carbonyl (C=O) groups excluding carboxylic acids is 2. The van der Waals surface area contributed by atoms with Crippen LogP contribution in [0.1, 0.15) is 213 Å². The minimum absolute atomic E-state index is 0.0523. The zero-order chi connectivity index (χ0) is 41.4. The molecule has 8 nitrogen and oxygen atoms in total. The van der Waals surface area contributed by atoms with Crippen molar-refractivity contribution in [3.8, 4) is 0 Å². The van der Waals surface area contributed by atoms with Crippen LogP contribution < -0.4 is 0 Å². The standard InChI is InChI=1S/C48H89NO7/c1-6-8-10-12-14-16-18-20-21-22-23-24-25-27-28-30-32-34-36-38-46(50)55-43-44(42-54-41-40-45(48(52)53)49(3,4)5)56-47(51)39-37-35-33-31-29-26-19-17-15-13-11-9-7-2/h11,13,17,19,44-45H,6-10,12,14-16,18,20-43H2,1-5H3/p+1/b13-11-,19-17-. The van der Waals surface area contributed by atoms with E-state index in [0.29, 0.717) is 19.3 Å². The first-order chi connectivity index (χ1) is 27.1. The lowest BCUT2D eigenvalue weighted by Gasteiger charge is -2.31. The second-order valence-corrected chi connectivity index (χ2v) is 17.0. The number of nitrogens with zero attached hydrogens (tertiary/aromatic N) is 1. The number of quaternary nitrogens is 1. The lowest BCUT2D eigenvalue weighted by Crippen LogP contribution is -2.50. The van der Waals surface area contributed by atoms with Crippen LogP contribution >= 0.6 is 0 Å². The number of carbonyl (C=O) groups is 3. The largest absolute Gasteiger partial charge is 0.477 e. The third-order valence-corrected chi connectivity index (χ3v) is 10.6. The van der Waals surface area contributed by atoms with Crippen molar-refractivity contribution in [3.63, 3.8) is 0 Å². The molecule has 1 N–H and O–H groups in total. The molecule has 328 valence electrons. The number of allylic oxidation sites excluding steroid dienone is 4. The van der Waals surface area contributed by atoms with E-state index in [2.05, 4.69) is 38.2 Å². The van der Waals surface area contributed by atoms with E-state index in [1.165, 1.54) is 109 Å². The van der Waals surface area contributed by atoms with Gasteiger partial charge in [-0.3, -0.25) is 9.59 Å². The summed E-state index contributed by atoms with van der Waals surface area (Å²) in [5.74, 6) is -1.47. The number of hydrogen-bond donors (Lipinski definition) is 1. The smallest absolute Gasteiger partial charge is 0.362 e. The number of rotatable bonds is 42. The first-order valence-corrected chi connectivity index (χ1v) is 23.4. The molecule has 0 fully saturated rings. The van der Waals surface area contributed by atoms with Gasteiger partial charge in [0.2, 0.25) is 0 Å². The van der Waals surface area contributed by atoms with E-state index < -0.39 is 18.1 Å². The number of likely N-dealkylation sites (N-methyl/N-ethyl adjacent to an activating group) is 1. The Balaban J connectivity index is 4.25. The molecule has 0 aliphatic carbocycles. The number of aliphatic carboxylic acids is 1. The minimum Gasteiger partial charge on any atom is -0.477 e. The van der Waals surface area contributed by atoms with Crippen LogP contribution in [0.15, 0.2) is 24.3 Å². The summed E-state index contributed by atoms with van der Waals surface area (Å²) in [7, 11) is 5.53. The average molecular weight is 793 g/mol. The highest BCUT2D eigenvalue weighted by molar-refractivity contribution is 5.72. The van der Waals surface area contributed by atoms with Gasteiger partial charge in [0, 0.05) is 19.3 Å². The average Bonchev–Trinajstić information content (AvgIpc) is 3.15. The molecule has 0 bridgehead atoms. The molecule has 0 saturated carbocycles. The number of ether oxygens (including phenoxy) is 3. The molecular formula is C48H90NO7+. The van der Waals surface area contributed by atoms with Crippen molar-refractivity contribution in [2.75, 3.05) is 41.0 Å². The van der Waals surface area contributed by atoms with E-state index in [9.17, 15) is 19.5 Å². The fraction of sp³-hybridized carbons (Fsp3) is 0.854. The molecule has 0 spiro atoms. The molecule has 56 heavy (non-hydrogen) atoms. The SMILES string of the molecule is CCC/C=C\C/C=C\CCCCCCCC(=O)OC(COCCC(C(=O)O)[N+](C)(C)C)COC(=O)CCCCCCCCCCCCCCCCCCCCC. The lowest BCUT2D eigenvalue weighted by atomic mass is 10.0. The normalized spacial score (nSPS) is 13.1. The summed E-state index contributed by atoms with van der Waals surface area (Å²) in [6.45, 7) is 4.68. The maximum absolute atomic E-state index is 12.7. The summed E-state index contributed by atoms with van der Waals surface area (Å²) in [6, 6.07) is -0.614. The van der Waals surface area contributed by atoms with Crippen molar-refractivity contribution in [1.82, 2.24) is 0 Å². The number of carboxylic acid groups (broad SMARTS) is 1. The molecule has 0 aromatic carbocycles. The molecule has 2 atom stereocenters. The monoisotopic (exact) mass is 793 g/mol. The third kappa shape index (κ3) is 37.4. The maximum Gasteiger partial charge on any atom is 0.362 e. The summed E-state index contributed by atoms with van der Waals surface area (Å²) in [6.07, 6.45) is 43.6. The maximum atomic E-state index is 12.7. The van der Waals surface area contributed by atoms with Crippen LogP contribution in [0.25, 0.3) is 0 Å². The van der Waals surface area contributed by atoms with Gasteiger partial charge in [0.05, 0.1) is 34.4 Å². The van der Waals surface area contributed by atoms with Gasteiger partial charge in [-0.1, -0.05) is 179 Å². The van der Waals surface area contributed by atoms with Crippen molar-refractivity contribution < 1.29 is 38.2 Å². The molecule has 0 amide bonds. The lowest BCUT2D eigenvalue weighted by molar-refractivity contribution is -0.887. The highest BCUT2D eigenvalue weighted by Gasteiger charge is 2.31. The zero-order valence-electron chi connectivity index (χ0n) is 37.3.